The van der Waals surface area contributed by atoms with Crippen LogP contribution in [0.4, 0.5) is 0 Å². The smallest absolute Gasteiger partial charge is 0.272 e. The monoisotopic (exact) mass is 367 g/mol. The molecule has 0 aromatic carbocycles. The highest BCUT2D eigenvalue weighted by Crippen LogP contribution is 2.27. The fourth-order valence-corrected chi connectivity index (χ4v) is 4.05. The molecule has 0 radical (unpaired) electrons. The van der Waals surface area contributed by atoms with Crippen molar-refractivity contribution in [3.05, 3.63) is 64.4 Å². The minimum Gasteiger partial charge on any atom is -0.337 e. The Morgan fingerprint density at radius 1 is 1.35 bits per heavy atom. The van der Waals surface area contributed by atoms with E-state index in [4.69, 9.17) is 0 Å². The van der Waals surface area contributed by atoms with E-state index in [1.54, 1.807) is 17.4 Å². The van der Waals surface area contributed by atoms with Crippen molar-refractivity contribution < 1.29 is 4.79 Å². The van der Waals surface area contributed by atoms with Crippen LogP contribution in [0.1, 0.15) is 46.5 Å². The van der Waals surface area contributed by atoms with Gasteiger partial charge in [0.2, 0.25) is 0 Å². The average molecular weight is 367 g/mol. The Balaban J connectivity index is 1.51. The van der Waals surface area contributed by atoms with Crippen LogP contribution >= 0.6 is 11.3 Å². The second kappa shape index (κ2) is 7.37. The van der Waals surface area contributed by atoms with Crippen molar-refractivity contribution >= 4 is 17.2 Å². The highest BCUT2D eigenvalue weighted by molar-refractivity contribution is 7.07. The highest BCUT2D eigenvalue weighted by atomic mass is 32.1. The average Bonchev–Trinajstić information content (AvgIpc) is 3.34. The summed E-state index contributed by atoms with van der Waals surface area (Å²) >= 11 is 1.60. The molecule has 0 saturated carbocycles. The number of rotatable bonds is 4. The van der Waals surface area contributed by atoms with E-state index in [0.717, 1.165) is 43.1 Å². The maximum Gasteiger partial charge on any atom is 0.272 e. The summed E-state index contributed by atoms with van der Waals surface area (Å²) in [7, 11) is 0. The molecule has 26 heavy (non-hydrogen) atoms. The summed E-state index contributed by atoms with van der Waals surface area (Å²) in [6, 6.07) is 5.59. The molecule has 1 amide bonds. The van der Waals surface area contributed by atoms with Crippen LogP contribution in [0, 0.1) is 6.92 Å². The summed E-state index contributed by atoms with van der Waals surface area (Å²) in [6.45, 7) is 4.09. The zero-order chi connectivity index (χ0) is 17.9. The second-order valence-corrected chi connectivity index (χ2v) is 7.37. The van der Waals surface area contributed by atoms with Gasteiger partial charge in [-0.05, 0) is 31.9 Å². The van der Waals surface area contributed by atoms with E-state index < -0.39 is 0 Å². The van der Waals surface area contributed by atoms with Crippen molar-refractivity contribution in [2.45, 2.75) is 32.2 Å². The van der Waals surface area contributed by atoms with Gasteiger partial charge in [0.1, 0.15) is 11.5 Å². The van der Waals surface area contributed by atoms with Crippen molar-refractivity contribution in [2.75, 3.05) is 13.1 Å². The van der Waals surface area contributed by atoms with Crippen molar-refractivity contribution in [3.8, 4) is 0 Å². The van der Waals surface area contributed by atoms with Gasteiger partial charge in [-0.1, -0.05) is 6.07 Å². The molecule has 1 saturated heterocycles. The number of nitrogens with zero attached hydrogens (tertiary/aromatic N) is 5. The van der Waals surface area contributed by atoms with Gasteiger partial charge < -0.3 is 9.47 Å². The Hall–Kier alpha value is -2.54. The van der Waals surface area contributed by atoms with Gasteiger partial charge in [0.05, 0.1) is 17.7 Å². The molecule has 1 fully saturated rings. The quantitative estimate of drug-likeness (QED) is 0.711. The first-order chi connectivity index (χ1) is 12.7. The Bertz CT molecular complexity index is 889. The Kier molecular flexibility index (Phi) is 4.79. The SMILES string of the molecule is Cc1cccc(C(=O)N2CCC[C@H](c3nccn3Cc3cscn3)C2)n1. The number of imidazole rings is 1. The molecule has 3 aromatic rings. The molecule has 0 unspecified atom stereocenters. The standard InChI is InChI=1S/C19H21N5OS/c1-14-4-2-6-17(22-14)19(25)24-8-3-5-15(10-24)18-20-7-9-23(18)11-16-12-26-13-21-16/h2,4,6-7,9,12-13,15H,3,5,8,10-11H2,1H3/t15-/m0/s1. The molecule has 6 nitrogen and oxygen atoms in total. The normalized spacial score (nSPS) is 17.4. The minimum absolute atomic E-state index is 0.0102. The number of hydrogen-bond acceptors (Lipinski definition) is 5. The number of aryl methyl sites for hydroxylation is 1. The predicted octanol–water partition coefficient (Wildman–Crippen LogP) is 3.11. The third-order valence-electron chi connectivity index (χ3n) is 4.74. The van der Waals surface area contributed by atoms with E-state index in [2.05, 4.69) is 24.9 Å². The van der Waals surface area contributed by atoms with Crippen molar-refractivity contribution in [1.29, 1.82) is 0 Å². The molecule has 3 aromatic heterocycles. The molecule has 1 aliphatic rings. The van der Waals surface area contributed by atoms with E-state index >= 15 is 0 Å². The maximum atomic E-state index is 12.8. The molecular formula is C19H21N5OS. The number of amides is 1. The molecule has 4 rings (SSSR count). The van der Waals surface area contributed by atoms with Gasteiger partial charge in [0, 0.05) is 42.5 Å². The number of thiazole rings is 1. The molecule has 0 N–H and O–H groups in total. The van der Waals surface area contributed by atoms with Gasteiger partial charge in [-0.25, -0.2) is 15.0 Å². The lowest BCUT2D eigenvalue weighted by atomic mass is 9.96. The topological polar surface area (TPSA) is 63.9 Å². The molecule has 0 aliphatic carbocycles. The molecule has 7 heteroatoms. The van der Waals surface area contributed by atoms with Crippen LogP contribution in [-0.2, 0) is 6.54 Å². The van der Waals surface area contributed by atoms with Crippen molar-refractivity contribution in [2.24, 2.45) is 0 Å². The first kappa shape index (κ1) is 16.9. The number of carbonyl (C=O) groups is 1. The summed E-state index contributed by atoms with van der Waals surface area (Å²) in [4.78, 5) is 28.1. The molecule has 0 bridgehead atoms. The van der Waals surface area contributed by atoms with E-state index in [0.29, 0.717) is 12.2 Å². The molecule has 4 heterocycles. The number of likely N-dealkylation sites (tertiary alicyclic amines) is 1. The molecule has 1 aliphatic heterocycles. The lowest BCUT2D eigenvalue weighted by Crippen LogP contribution is -2.40. The van der Waals surface area contributed by atoms with Crippen LogP contribution in [0.5, 0.6) is 0 Å². The number of pyridine rings is 1. The van der Waals surface area contributed by atoms with Crippen LogP contribution < -0.4 is 0 Å². The number of aromatic nitrogens is 4. The zero-order valence-electron chi connectivity index (χ0n) is 14.7. The predicted molar refractivity (Wildman–Crippen MR) is 100 cm³/mol. The van der Waals surface area contributed by atoms with Gasteiger partial charge in [-0.15, -0.1) is 11.3 Å². The Morgan fingerprint density at radius 3 is 3.08 bits per heavy atom. The van der Waals surface area contributed by atoms with Crippen LogP contribution in [0.25, 0.3) is 0 Å². The summed E-state index contributed by atoms with van der Waals surface area (Å²) < 4.78 is 2.15. The van der Waals surface area contributed by atoms with Gasteiger partial charge in [0.25, 0.3) is 5.91 Å². The molecule has 0 spiro atoms. The zero-order valence-corrected chi connectivity index (χ0v) is 15.5. The van der Waals surface area contributed by atoms with Gasteiger partial charge >= 0.3 is 0 Å². The number of carbonyl (C=O) groups excluding carboxylic acids is 1. The van der Waals surface area contributed by atoms with Gasteiger partial charge in [-0.2, -0.15) is 0 Å². The molecule has 134 valence electrons. The number of piperidine rings is 1. The third kappa shape index (κ3) is 3.53. The summed E-state index contributed by atoms with van der Waals surface area (Å²) in [5.74, 6) is 1.29. The lowest BCUT2D eigenvalue weighted by molar-refractivity contribution is 0.0697. The van der Waals surface area contributed by atoms with E-state index in [9.17, 15) is 4.79 Å². The summed E-state index contributed by atoms with van der Waals surface area (Å²) in [5.41, 5.74) is 4.28. The first-order valence-electron chi connectivity index (χ1n) is 8.82. The number of hydrogen-bond donors (Lipinski definition) is 0. The van der Waals surface area contributed by atoms with Crippen molar-refractivity contribution in [3.63, 3.8) is 0 Å². The van der Waals surface area contributed by atoms with Crippen LogP contribution in [0.15, 0.2) is 41.5 Å². The lowest BCUT2D eigenvalue weighted by Gasteiger charge is -2.32. The van der Waals surface area contributed by atoms with Gasteiger partial charge in [-0.3, -0.25) is 4.79 Å². The van der Waals surface area contributed by atoms with E-state index in [-0.39, 0.29) is 11.8 Å². The van der Waals surface area contributed by atoms with E-state index in [1.165, 1.54) is 0 Å². The minimum atomic E-state index is 0.0102. The highest BCUT2D eigenvalue weighted by Gasteiger charge is 2.28. The summed E-state index contributed by atoms with van der Waals surface area (Å²) in [6.07, 6.45) is 5.85. The fourth-order valence-electron chi connectivity index (χ4n) is 3.50. The maximum absolute atomic E-state index is 12.8. The molecular weight excluding hydrogens is 346 g/mol. The summed E-state index contributed by atoms with van der Waals surface area (Å²) in [5, 5.41) is 2.06. The largest absolute Gasteiger partial charge is 0.337 e. The molecule has 1 atom stereocenters. The second-order valence-electron chi connectivity index (χ2n) is 6.65. The van der Waals surface area contributed by atoms with Crippen molar-refractivity contribution in [1.82, 2.24) is 24.4 Å². The van der Waals surface area contributed by atoms with Crippen LogP contribution in [0.3, 0.4) is 0 Å². The van der Waals surface area contributed by atoms with Crippen LogP contribution in [0.2, 0.25) is 0 Å². The Labute approximate surface area is 156 Å². The van der Waals surface area contributed by atoms with Crippen LogP contribution in [-0.4, -0.2) is 43.4 Å². The third-order valence-corrected chi connectivity index (χ3v) is 5.38. The fraction of sp³-hybridized carbons (Fsp3) is 0.368. The van der Waals surface area contributed by atoms with Gasteiger partial charge in [0.15, 0.2) is 0 Å². The first-order valence-corrected chi connectivity index (χ1v) is 9.76. The Morgan fingerprint density at radius 2 is 2.27 bits per heavy atom. The van der Waals surface area contributed by atoms with E-state index in [1.807, 2.05) is 41.9 Å².